The first-order valence-corrected chi connectivity index (χ1v) is 8.53. The summed E-state index contributed by atoms with van der Waals surface area (Å²) in [6, 6.07) is 7.27. The summed E-state index contributed by atoms with van der Waals surface area (Å²) in [6.07, 6.45) is 2.27. The lowest BCUT2D eigenvalue weighted by Gasteiger charge is -2.33. The number of rotatable bonds is 4. The van der Waals surface area contributed by atoms with E-state index in [1.807, 2.05) is 28.9 Å². The Balaban J connectivity index is 1.48. The number of hydrogen-bond acceptors (Lipinski definition) is 5. The second kappa shape index (κ2) is 6.70. The van der Waals surface area contributed by atoms with Gasteiger partial charge in [0.15, 0.2) is 11.5 Å². The number of ether oxygens (including phenoxy) is 2. The van der Waals surface area contributed by atoms with Crippen LogP contribution in [0.25, 0.3) is 0 Å². The summed E-state index contributed by atoms with van der Waals surface area (Å²) in [6.45, 7) is 1.17. The fourth-order valence-corrected chi connectivity index (χ4v) is 3.38. The molecule has 8 nitrogen and oxygen atoms in total. The number of carbonyl (C=O) groups excluding carboxylic acids is 2. The molecule has 1 aromatic carbocycles. The molecule has 0 saturated heterocycles. The van der Waals surface area contributed by atoms with Crippen molar-refractivity contribution in [3.05, 3.63) is 41.7 Å². The van der Waals surface area contributed by atoms with E-state index in [1.54, 1.807) is 18.1 Å². The van der Waals surface area contributed by atoms with E-state index in [-0.39, 0.29) is 31.1 Å². The van der Waals surface area contributed by atoms with E-state index in [4.69, 9.17) is 9.47 Å². The molecule has 26 heavy (non-hydrogen) atoms. The molecule has 8 heteroatoms. The Bertz CT molecular complexity index is 847. The number of nitrogens with one attached hydrogen (secondary N) is 1. The van der Waals surface area contributed by atoms with E-state index >= 15 is 0 Å². The lowest BCUT2D eigenvalue weighted by molar-refractivity contribution is -0.133. The van der Waals surface area contributed by atoms with Crippen molar-refractivity contribution in [2.24, 2.45) is 0 Å². The van der Waals surface area contributed by atoms with Gasteiger partial charge in [0.25, 0.3) is 0 Å². The van der Waals surface area contributed by atoms with Crippen LogP contribution in [0.4, 0.5) is 0 Å². The highest BCUT2D eigenvalue weighted by Crippen LogP contribution is 2.33. The summed E-state index contributed by atoms with van der Waals surface area (Å²) in [4.78, 5) is 26.4. The van der Waals surface area contributed by atoms with E-state index in [9.17, 15) is 9.59 Å². The first kappa shape index (κ1) is 16.4. The highest BCUT2D eigenvalue weighted by Gasteiger charge is 2.30. The van der Waals surface area contributed by atoms with Crippen LogP contribution in [0.3, 0.4) is 0 Å². The lowest BCUT2D eigenvalue weighted by atomic mass is 10.1. The quantitative estimate of drug-likeness (QED) is 0.879. The van der Waals surface area contributed by atoms with Gasteiger partial charge < -0.3 is 19.7 Å². The van der Waals surface area contributed by atoms with Crippen molar-refractivity contribution in [2.75, 3.05) is 20.4 Å². The summed E-state index contributed by atoms with van der Waals surface area (Å²) >= 11 is 0. The SMILES string of the molecule is CNC(=O)CC1CN(C(=O)Cc2ccc3c(c2)OCO3)Cc2ccnn21. The molecular formula is C18H20N4O4. The summed E-state index contributed by atoms with van der Waals surface area (Å²) < 4.78 is 12.5. The highest BCUT2D eigenvalue weighted by atomic mass is 16.7. The highest BCUT2D eigenvalue weighted by molar-refractivity contribution is 5.80. The molecule has 0 radical (unpaired) electrons. The van der Waals surface area contributed by atoms with Gasteiger partial charge in [0, 0.05) is 19.8 Å². The average molecular weight is 356 g/mol. The number of nitrogens with zero attached hydrogens (tertiary/aromatic N) is 3. The third kappa shape index (κ3) is 3.10. The van der Waals surface area contributed by atoms with Crippen molar-refractivity contribution in [3.63, 3.8) is 0 Å². The molecule has 1 aromatic heterocycles. The first-order valence-electron chi connectivity index (χ1n) is 8.53. The monoisotopic (exact) mass is 356 g/mol. The predicted molar refractivity (Wildman–Crippen MR) is 91.6 cm³/mol. The second-order valence-electron chi connectivity index (χ2n) is 6.44. The average Bonchev–Trinajstić information content (AvgIpc) is 3.29. The standard InChI is InChI=1S/C18H20N4O4/c1-19-17(23)8-14-10-21(9-13-4-5-20-22(13)14)18(24)7-12-2-3-15-16(6-12)26-11-25-15/h2-6,14H,7-11H2,1H3,(H,19,23). The Labute approximate surface area is 150 Å². The first-order chi connectivity index (χ1) is 12.6. The van der Waals surface area contributed by atoms with E-state index in [2.05, 4.69) is 10.4 Å². The molecule has 3 heterocycles. The number of aromatic nitrogens is 2. The topological polar surface area (TPSA) is 85.7 Å². The van der Waals surface area contributed by atoms with Crippen molar-refractivity contribution in [3.8, 4) is 11.5 Å². The maximum atomic E-state index is 12.8. The van der Waals surface area contributed by atoms with E-state index in [1.165, 1.54) is 0 Å². The van der Waals surface area contributed by atoms with Crippen LogP contribution < -0.4 is 14.8 Å². The number of hydrogen-bond donors (Lipinski definition) is 1. The molecule has 0 aliphatic carbocycles. The van der Waals surface area contributed by atoms with Crippen LogP contribution in [-0.4, -0.2) is 46.9 Å². The molecule has 2 aliphatic rings. The van der Waals surface area contributed by atoms with Crippen molar-refractivity contribution >= 4 is 11.8 Å². The minimum absolute atomic E-state index is 0.0122. The van der Waals surface area contributed by atoms with E-state index in [0.29, 0.717) is 31.0 Å². The summed E-state index contributed by atoms with van der Waals surface area (Å²) in [5.74, 6) is 1.32. The Morgan fingerprint density at radius 3 is 2.96 bits per heavy atom. The fraction of sp³-hybridized carbons (Fsp3) is 0.389. The zero-order valence-electron chi connectivity index (χ0n) is 14.5. The number of fused-ring (bicyclic) bond motifs is 2. The van der Waals surface area contributed by atoms with Gasteiger partial charge >= 0.3 is 0 Å². The molecule has 136 valence electrons. The normalized spacial score (nSPS) is 17.7. The van der Waals surface area contributed by atoms with Crippen molar-refractivity contribution in [1.29, 1.82) is 0 Å². The maximum Gasteiger partial charge on any atom is 0.231 e. The Morgan fingerprint density at radius 1 is 1.27 bits per heavy atom. The van der Waals surface area contributed by atoms with Crippen LogP contribution in [-0.2, 0) is 22.6 Å². The van der Waals surface area contributed by atoms with Crippen LogP contribution >= 0.6 is 0 Å². The molecule has 2 amide bonds. The molecule has 1 N–H and O–H groups in total. The molecule has 0 spiro atoms. The van der Waals surface area contributed by atoms with Crippen LogP contribution in [0.15, 0.2) is 30.5 Å². The van der Waals surface area contributed by atoms with Crippen molar-refractivity contribution in [1.82, 2.24) is 20.0 Å². The molecule has 2 aromatic rings. The Morgan fingerprint density at radius 2 is 2.12 bits per heavy atom. The van der Waals surface area contributed by atoms with Gasteiger partial charge in [-0.15, -0.1) is 0 Å². The van der Waals surface area contributed by atoms with Crippen LogP contribution in [0.5, 0.6) is 11.5 Å². The number of carbonyl (C=O) groups is 2. The van der Waals surface area contributed by atoms with Gasteiger partial charge in [0.05, 0.1) is 31.1 Å². The zero-order valence-corrected chi connectivity index (χ0v) is 14.5. The molecule has 0 bridgehead atoms. The fourth-order valence-electron chi connectivity index (χ4n) is 3.38. The summed E-state index contributed by atoms with van der Waals surface area (Å²) in [5, 5.41) is 6.94. The Hall–Kier alpha value is -3.03. The van der Waals surface area contributed by atoms with E-state index in [0.717, 1.165) is 11.3 Å². The van der Waals surface area contributed by atoms with Crippen molar-refractivity contribution < 1.29 is 19.1 Å². The Kier molecular flexibility index (Phi) is 4.24. The number of amides is 2. The zero-order chi connectivity index (χ0) is 18.1. The van der Waals surface area contributed by atoms with Crippen molar-refractivity contribution in [2.45, 2.75) is 25.4 Å². The van der Waals surface area contributed by atoms with Crippen LogP contribution in [0.1, 0.15) is 23.7 Å². The molecule has 1 atom stereocenters. The molecule has 0 fully saturated rings. The van der Waals surface area contributed by atoms with Gasteiger partial charge in [0.2, 0.25) is 18.6 Å². The van der Waals surface area contributed by atoms with Crippen LogP contribution in [0, 0.1) is 0 Å². The summed E-state index contributed by atoms with van der Waals surface area (Å²) in [5.41, 5.74) is 1.81. The summed E-state index contributed by atoms with van der Waals surface area (Å²) in [7, 11) is 1.61. The second-order valence-corrected chi connectivity index (χ2v) is 6.44. The number of benzene rings is 1. The molecule has 0 saturated carbocycles. The molecule has 4 rings (SSSR count). The van der Waals surface area contributed by atoms with E-state index < -0.39 is 0 Å². The minimum Gasteiger partial charge on any atom is -0.454 e. The molecular weight excluding hydrogens is 336 g/mol. The predicted octanol–water partition coefficient (Wildman–Crippen LogP) is 0.874. The third-order valence-corrected chi connectivity index (χ3v) is 4.73. The smallest absolute Gasteiger partial charge is 0.231 e. The van der Waals surface area contributed by atoms with Gasteiger partial charge in [-0.2, -0.15) is 5.10 Å². The largest absolute Gasteiger partial charge is 0.454 e. The van der Waals surface area contributed by atoms with Crippen LogP contribution in [0.2, 0.25) is 0 Å². The van der Waals surface area contributed by atoms with Gasteiger partial charge in [-0.05, 0) is 23.8 Å². The lowest BCUT2D eigenvalue weighted by Crippen LogP contribution is -2.43. The van der Waals surface area contributed by atoms with Gasteiger partial charge in [0.1, 0.15) is 0 Å². The molecule has 2 aliphatic heterocycles. The van der Waals surface area contributed by atoms with Gasteiger partial charge in [-0.25, -0.2) is 0 Å². The molecule has 1 unspecified atom stereocenters. The minimum atomic E-state index is -0.158. The third-order valence-electron chi connectivity index (χ3n) is 4.73. The van der Waals surface area contributed by atoms with Gasteiger partial charge in [-0.3, -0.25) is 14.3 Å². The van der Waals surface area contributed by atoms with Gasteiger partial charge in [-0.1, -0.05) is 6.07 Å². The maximum absolute atomic E-state index is 12.8.